The van der Waals surface area contributed by atoms with Gasteiger partial charge in [0.1, 0.15) is 5.82 Å². The van der Waals surface area contributed by atoms with E-state index in [4.69, 9.17) is 5.26 Å². The van der Waals surface area contributed by atoms with Crippen LogP contribution in [0.25, 0.3) is 0 Å². The molecule has 4 nitrogen and oxygen atoms in total. The molecule has 0 aliphatic heterocycles. The normalized spacial score (nSPS) is 11.9. The summed E-state index contributed by atoms with van der Waals surface area (Å²) in [6.45, 7) is 6.94. The van der Waals surface area contributed by atoms with Crippen LogP contribution >= 0.6 is 24.0 Å². The summed E-state index contributed by atoms with van der Waals surface area (Å²) in [5.41, 5.74) is 3.16. The fourth-order valence-corrected chi connectivity index (χ4v) is 2.34. The van der Waals surface area contributed by atoms with E-state index in [0.29, 0.717) is 23.6 Å². The lowest BCUT2D eigenvalue weighted by Gasteiger charge is -2.18. The first-order chi connectivity index (χ1) is 12.0. The summed E-state index contributed by atoms with van der Waals surface area (Å²) in [6, 6.07) is 14.6. The smallest absolute Gasteiger partial charge is 0.192 e. The topological polar surface area (TPSA) is 60.2 Å². The van der Waals surface area contributed by atoms with Gasteiger partial charge in [0.15, 0.2) is 5.96 Å². The van der Waals surface area contributed by atoms with Crippen molar-refractivity contribution in [2.24, 2.45) is 4.99 Å². The van der Waals surface area contributed by atoms with Gasteiger partial charge in [-0.2, -0.15) is 5.26 Å². The van der Waals surface area contributed by atoms with Crippen LogP contribution in [0, 0.1) is 24.1 Å². The van der Waals surface area contributed by atoms with Gasteiger partial charge in [0.2, 0.25) is 0 Å². The van der Waals surface area contributed by atoms with Gasteiger partial charge in [0, 0.05) is 6.54 Å². The van der Waals surface area contributed by atoms with E-state index in [-0.39, 0.29) is 35.8 Å². The first-order valence-corrected chi connectivity index (χ1v) is 8.33. The number of rotatable bonds is 5. The molecule has 0 spiro atoms. The van der Waals surface area contributed by atoms with Gasteiger partial charge in [0.25, 0.3) is 0 Å². The Labute approximate surface area is 171 Å². The first kappa shape index (κ1) is 21.9. The van der Waals surface area contributed by atoms with Crippen molar-refractivity contribution in [3.05, 3.63) is 70.5 Å². The highest BCUT2D eigenvalue weighted by Crippen LogP contribution is 2.16. The molecule has 0 fully saturated rings. The molecule has 0 amide bonds. The molecule has 0 radical (unpaired) electrons. The summed E-state index contributed by atoms with van der Waals surface area (Å²) >= 11 is 0. The Hall–Kier alpha value is -2.14. The van der Waals surface area contributed by atoms with Gasteiger partial charge in [-0.1, -0.05) is 24.3 Å². The van der Waals surface area contributed by atoms with Crippen LogP contribution in [-0.4, -0.2) is 12.5 Å². The van der Waals surface area contributed by atoms with Crippen molar-refractivity contribution in [3.8, 4) is 6.07 Å². The first-order valence-electron chi connectivity index (χ1n) is 8.33. The Morgan fingerprint density at radius 1 is 1.23 bits per heavy atom. The van der Waals surface area contributed by atoms with Crippen LogP contribution in [0.1, 0.15) is 42.1 Å². The van der Waals surface area contributed by atoms with E-state index in [2.05, 4.69) is 21.7 Å². The van der Waals surface area contributed by atoms with E-state index in [9.17, 15) is 4.39 Å². The number of nitrogens with zero attached hydrogens (tertiary/aromatic N) is 2. The second-order valence-electron chi connectivity index (χ2n) is 5.88. The lowest BCUT2D eigenvalue weighted by molar-refractivity contribution is 0.607. The third-order valence-corrected chi connectivity index (χ3v) is 3.90. The Kier molecular flexibility index (Phi) is 9.07. The fraction of sp³-hybridized carbons (Fsp3) is 0.300. The summed E-state index contributed by atoms with van der Waals surface area (Å²) in [7, 11) is 0. The molecule has 0 aliphatic rings. The van der Waals surface area contributed by atoms with Crippen LogP contribution in [0.2, 0.25) is 0 Å². The van der Waals surface area contributed by atoms with Crippen LogP contribution in [0.4, 0.5) is 4.39 Å². The van der Waals surface area contributed by atoms with Gasteiger partial charge in [0.05, 0.1) is 24.2 Å². The molecule has 0 heterocycles. The van der Waals surface area contributed by atoms with Gasteiger partial charge >= 0.3 is 0 Å². The van der Waals surface area contributed by atoms with Crippen LogP contribution in [0.15, 0.2) is 47.5 Å². The van der Waals surface area contributed by atoms with Gasteiger partial charge < -0.3 is 10.6 Å². The van der Waals surface area contributed by atoms with Crippen molar-refractivity contribution in [2.75, 3.05) is 6.54 Å². The van der Waals surface area contributed by atoms with E-state index >= 15 is 0 Å². The van der Waals surface area contributed by atoms with E-state index in [1.807, 2.05) is 32.0 Å². The molecule has 2 aromatic carbocycles. The minimum Gasteiger partial charge on any atom is -0.357 e. The average Bonchev–Trinajstić information content (AvgIpc) is 2.62. The van der Waals surface area contributed by atoms with E-state index in [1.54, 1.807) is 31.2 Å². The zero-order valence-corrected chi connectivity index (χ0v) is 17.5. The number of aliphatic imine (C=N–C) groups is 1. The quantitative estimate of drug-likeness (QED) is 0.389. The highest BCUT2D eigenvalue weighted by Gasteiger charge is 2.09. The van der Waals surface area contributed by atoms with E-state index < -0.39 is 0 Å². The number of nitrogens with one attached hydrogen (secondary N) is 2. The number of halogens is 2. The molecule has 1 unspecified atom stereocenters. The number of aryl methyl sites for hydroxylation is 1. The summed E-state index contributed by atoms with van der Waals surface area (Å²) in [4.78, 5) is 4.56. The predicted molar refractivity (Wildman–Crippen MR) is 114 cm³/mol. The third-order valence-electron chi connectivity index (χ3n) is 3.90. The maximum absolute atomic E-state index is 13.8. The van der Waals surface area contributed by atoms with Crippen molar-refractivity contribution in [1.82, 2.24) is 10.6 Å². The molecule has 0 aliphatic carbocycles. The Bertz CT molecular complexity index is 781. The summed E-state index contributed by atoms with van der Waals surface area (Å²) in [6.07, 6.45) is 0. The number of hydrogen-bond acceptors (Lipinski definition) is 2. The molecule has 1 atom stereocenters. The zero-order valence-electron chi connectivity index (χ0n) is 15.2. The second kappa shape index (κ2) is 10.8. The van der Waals surface area contributed by atoms with Crippen molar-refractivity contribution in [1.29, 1.82) is 5.26 Å². The molecular formula is C20H24FIN4. The molecule has 2 aromatic rings. The summed E-state index contributed by atoms with van der Waals surface area (Å²) in [5, 5.41) is 15.3. The van der Waals surface area contributed by atoms with Gasteiger partial charge in [-0.25, -0.2) is 9.38 Å². The minimum absolute atomic E-state index is 0. The number of nitriles is 1. The van der Waals surface area contributed by atoms with Crippen molar-refractivity contribution in [3.63, 3.8) is 0 Å². The maximum atomic E-state index is 13.8. The average molecular weight is 466 g/mol. The molecular weight excluding hydrogens is 442 g/mol. The Balaban J connectivity index is 0.00000338. The second-order valence-corrected chi connectivity index (χ2v) is 5.88. The van der Waals surface area contributed by atoms with Crippen LogP contribution in [-0.2, 0) is 6.54 Å². The Morgan fingerprint density at radius 2 is 1.92 bits per heavy atom. The maximum Gasteiger partial charge on any atom is 0.192 e. The van der Waals surface area contributed by atoms with Crippen molar-refractivity contribution >= 4 is 29.9 Å². The fourth-order valence-electron chi connectivity index (χ4n) is 2.34. The molecule has 26 heavy (non-hydrogen) atoms. The monoisotopic (exact) mass is 466 g/mol. The Morgan fingerprint density at radius 3 is 2.50 bits per heavy atom. The number of guanidine groups is 1. The third kappa shape index (κ3) is 6.30. The lowest BCUT2D eigenvalue weighted by atomic mass is 10.1. The number of benzene rings is 2. The van der Waals surface area contributed by atoms with Crippen LogP contribution < -0.4 is 10.6 Å². The van der Waals surface area contributed by atoms with Crippen molar-refractivity contribution < 1.29 is 4.39 Å². The highest BCUT2D eigenvalue weighted by molar-refractivity contribution is 14.0. The van der Waals surface area contributed by atoms with Gasteiger partial charge in [-0.15, -0.1) is 24.0 Å². The van der Waals surface area contributed by atoms with Crippen molar-refractivity contribution in [2.45, 2.75) is 33.4 Å². The van der Waals surface area contributed by atoms with Crippen LogP contribution in [0.5, 0.6) is 0 Å². The number of hydrogen-bond donors (Lipinski definition) is 2. The standard InChI is InChI=1S/C20H23FN4.HI/c1-4-23-20(24-13-17-8-6-16(12-22)7-9-17)25-15(3)18-10-5-14(2)19(21)11-18;/h5-11,15H,4,13H2,1-3H3,(H2,23,24,25);1H. The predicted octanol–water partition coefficient (Wildman–Crippen LogP) is 4.44. The SMILES string of the molecule is CCNC(=NCc1ccc(C#N)cc1)NC(C)c1ccc(C)c(F)c1.I. The van der Waals surface area contributed by atoms with Gasteiger partial charge in [-0.05, 0) is 55.7 Å². The largest absolute Gasteiger partial charge is 0.357 e. The molecule has 0 bridgehead atoms. The lowest BCUT2D eigenvalue weighted by Crippen LogP contribution is -2.38. The molecule has 0 aromatic heterocycles. The van der Waals surface area contributed by atoms with Gasteiger partial charge in [-0.3, -0.25) is 0 Å². The van der Waals surface area contributed by atoms with Crippen LogP contribution in [0.3, 0.4) is 0 Å². The molecule has 138 valence electrons. The minimum atomic E-state index is -0.203. The van der Waals surface area contributed by atoms with E-state index in [1.165, 1.54) is 0 Å². The molecule has 0 saturated carbocycles. The summed E-state index contributed by atoms with van der Waals surface area (Å²) in [5.74, 6) is 0.464. The molecule has 6 heteroatoms. The zero-order chi connectivity index (χ0) is 18.2. The molecule has 0 saturated heterocycles. The van der Waals surface area contributed by atoms with E-state index in [0.717, 1.165) is 17.7 Å². The molecule has 2 N–H and O–H groups in total. The summed E-state index contributed by atoms with van der Waals surface area (Å²) < 4.78 is 13.8. The molecule has 2 rings (SSSR count). The highest BCUT2D eigenvalue weighted by atomic mass is 127.